The van der Waals surface area contributed by atoms with E-state index in [0.717, 1.165) is 29.7 Å². The maximum absolute atomic E-state index is 12.5. The molecule has 0 unspecified atom stereocenters. The van der Waals surface area contributed by atoms with Gasteiger partial charge in [0.15, 0.2) is 0 Å². The van der Waals surface area contributed by atoms with Crippen LogP contribution in [0.25, 0.3) is 0 Å². The Morgan fingerprint density at radius 2 is 2.04 bits per heavy atom. The van der Waals surface area contributed by atoms with Crippen molar-refractivity contribution in [1.82, 2.24) is 10.2 Å². The molecule has 6 nitrogen and oxygen atoms in total. The van der Waals surface area contributed by atoms with Crippen molar-refractivity contribution < 1.29 is 14.3 Å². The first-order valence-corrected chi connectivity index (χ1v) is 8.39. The third kappa shape index (κ3) is 4.63. The highest BCUT2D eigenvalue weighted by Crippen LogP contribution is 2.27. The molecule has 132 valence electrons. The molecule has 0 radical (unpaired) electrons. The summed E-state index contributed by atoms with van der Waals surface area (Å²) in [4.78, 5) is 25.3. The number of nitrogens with one attached hydrogen (secondary N) is 1. The van der Waals surface area contributed by atoms with Gasteiger partial charge in [0.25, 0.3) is 0 Å². The molecular formula is C18H27N3O3. The third-order valence-electron chi connectivity index (χ3n) is 4.58. The standard InChI is InChI=1S/C18H27N3O3/c1-12-4-5-16(24-3)15(10-12)13(2)20-18(23)21-8-6-14(7-9-21)11-17(19)22/h4-5,10,13-14H,6-9,11H2,1-3H3,(H2,19,22)(H,20,23)/t13-/m1/s1. The molecule has 1 aliphatic heterocycles. The number of hydrogen-bond acceptors (Lipinski definition) is 3. The third-order valence-corrected chi connectivity index (χ3v) is 4.58. The molecule has 1 fully saturated rings. The molecule has 1 atom stereocenters. The lowest BCUT2D eigenvalue weighted by atomic mass is 9.93. The quantitative estimate of drug-likeness (QED) is 0.867. The SMILES string of the molecule is COc1ccc(C)cc1[C@@H](C)NC(=O)N1CCC(CC(N)=O)CC1. The van der Waals surface area contributed by atoms with E-state index >= 15 is 0 Å². The minimum absolute atomic E-state index is 0.0800. The minimum atomic E-state index is -0.266. The zero-order chi connectivity index (χ0) is 17.7. The molecule has 0 aromatic heterocycles. The van der Waals surface area contributed by atoms with Crippen LogP contribution in [0.1, 0.15) is 43.4 Å². The number of nitrogens with two attached hydrogens (primary N) is 1. The molecule has 1 aliphatic rings. The van der Waals surface area contributed by atoms with Crippen LogP contribution in [0.3, 0.4) is 0 Å². The fraction of sp³-hybridized carbons (Fsp3) is 0.556. The summed E-state index contributed by atoms with van der Waals surface area (Å²) in [5.41, 5.74) is 7.34. The van der Waals surface area contributed by atoms with Gasteiger partial charge in [0.05, 0.1) is 13.2 Å². The number of benzene rings is 1. The van der Waals surface area contributed by atoms with Crippen molar-refractivity contribution in [2.75, 3.05) is 20.2 Å². The number of piperidine rings is 1. The van der Waals surface area contributed by atoms with Crippen molar-refractivity contribution in [3.8, 4) is 5.75 Å². The summed E-state index contributed by atoms with van der Waals surface area (Å²) < 4.78 is 5.39. The van der Waals surface area contributed by atoms with Crippen molar-refractivity contribution in [3.05, 3.63) is 29.3 Å². The lowest BCUT2D eigenvalue weighted by molar-refractivity contribution is -0.119. The number of urea groups is 1. The number of hydrogen-bond donors (Lipinski definition) is 2. The topological polar surface area (TPSA) is 84.7 Å². The number of ether oxygens (including phenoxy) is 1. The van der Waals surface area contributed by atoms with Crippen molar-refractivity contribution in [3.63, 3.8) is 0 Å². The molecule has 2 rings (SSSR count). The minimum Gasteiger partial charge on any atom is -0.496 e. The highest BCUT2D eigenvalue weighted by molar-refractivity contribution is 5.75. The Morgan fingerprint density at radius 3 is 2.62 bits per heavy atom. The average molecular weight is 333 g/mol. The summed E-state index contributed by atoms with van der Waals surface area (Å²) in [7, 11) is 1.63. The van der Waals surface area contributed by atoms with E-state index in [0.29, 0.717) is 25.4 Å². The summed E-state index contributed by atoms with van der Waals surface area (Å²) in [6, 6.07) is 5.71. The zero-order valence-corrected chi connectivity index (χ0v) is 14.7. The van der Waals surface area contributed by atoms with E-state index in [9.17, 15) is 9.59 Å². The van der Waals surface area contributed by atoms with Crippen molar-refractivity contribution in [2.45, 2.75) is 39.2 Å². The lowest BCUT2D eigenvalue weighted by Crippen LogP contribution is -2.45. The van der Waals surface area contributed by atoms with Gasteiger partial charge in [0.1, 0.15) is 5.75 Å². The van der Waals surface area contributed by atoms with Crippen molar-refractivity contribution in [2.24, 2.45) is 11.7 Å². The van der Waals surface area contributed by atoms with Gasteiger partial charge < -0.3 is 20.7 Å². The summed E-state index contributed by atoms with van der Waals surface area (Å²) in [5, 5.41) is 3.04. The largest absolute Gasteiger partial charge is 0.496 e. The van der Waals surface area contributed by atoms with Gasteiger partial charge in [0, 0.05) is 25.1 Å². The predicted molar refractivity (Wildman–Crippen MR) is 92.8 cm³/mol. The number of aryl methyl sites for hydroxylation is 1. The molecule has 0 bridgehead atoms. The average Bonchev–Trinajstić information content (AvgIpc) is 2.54. The molecule has 0 saturated carbocycles. The second-order valence-electron chi connectivity index (χ2n) is 6.52. The fourth-order valence-electron chi connectivity index (χ4n) is 3.17. The van der Waals surface area contributed by atoms with Gasteiger partial charge in [-0.15, -0.1) is 0 Å². The van der Waals surface area contributed by atoms with Gasteiger partial charge >= 0.3 is 6.03 Å². The van der Waals surface area contributed by atoms with Gasteiger partial charge in [0.2, 0.25) is 5.91 Å². The summed E-state index contributed by atoms with van der Waals surface area (Å²) in [6.45, 7) is 5.28. The number of amides is 3. The monoisotopic (exact) mass is 333 g/mol. The fourth-order valence-corrected chi connectivity index (χ4v) is 3.17. The Bertz CT molecular complexity index is 595. The zero-order valence-electron chi connectivity index (χ0n) is 14.7. The number of methoxy groups -OCH3 is 1. The Kier molecular flexibility index (Phi) is 6.06. The molecular weight excluding hydrogens is 306 g/mol. The van der Waals surface area contributed by atoms with Crippen molar-refractivity contribution >= 4 is 11.9 Å². The van der Waals surface area contributed by atoms with Crippen LogP contribution in [-0.4, -0.2) is 37.0 Å². The number of primary amides is 1. The Morgan fingerprint density at radius 1 is 1.38 bits per heavy atom. The van der Waals surface area contributed by atoms with Crippen LogP contribution in [-0.2, 0) is 4.79 Å². The molecule has 6 heteroatoms. The van der Waals surface area contributed by atoms with Gasteiger partial charge in [-0.05, 0) is 38.7 Å². The first-order valence-electron chi connectivity index (χ1n) is 8.39. The highest BCUT2D eigenvalue weighted by atomic mass is 16.5. The van der Waals surface area contributed by atoms with Crippen LogP contribution >= 0.6 is 0 Å². The Balaban J connectivity index is 1.93. The van der Waals surface area contributed by atoms with Gasteiger partial charge in [-0.2, -0.15) is 0 Å². The molecule has 3 amide bonds. The van der Waals surface area contributed by atoms with E-state index in [-0.39, 0.29) is 18.0 Å². The Hall–Kier alpha value is -2.24. The van der Waals surface area contributed by atoms with Crippen LogP contribution in [0, 0.1) is 12.8 Å². The molecule has 24 heavy (non-hydrogen) atoms. The normalized spacial score (nSPS) is 16.5. The van der Waals surface area contributed by atoms with E-state index in [4.69, 9.17) is 10.5 Å². The van der Waals surface area contributed by atoms with Crippen LogP contribution in [0.5, 0.6) is 5.75 Å². The molecule has 1 aromatic carbocycles. The number of carbonyl (C=O) groups excluding carboxylic acids is 2. The molecule has 1 saturated heterocycles. The van der Waals surface area contributed by atoms with Crippen LogP contribution in [0.15, 0.2) is 18.2 Å². The van der Waals surface area contributed by atoms with Crippen molar-refractivity contribution in [1.29, 1.82) is 0 Å². The molecule has 0 aliphatic carbocycles. The maximum atomic E-state index is 12.5. The smallest absolute Gasteiger partial charge is 0.317 e. The summed E-state index contributed by atoms with van der Waals surface area (Å²) >= 11 is 0. The van der Waals surface area contributed by atoms with Crippen LogP contribution in [0.4, 0.5) is 4.79 Å². The van der Waals surface area contributed by atoms with Gasteiger partial charge in [-0.1, -0.05) is 17.7 Å². The first kappa shape index (κ1) is 18.1. The second-order valence-corrected chi connectivity index (χ2v) is 6.52. The number of nitrogens with zero attached hydrogens (tertiary/aromatic N) is 1. The van der Waals surface area contributed by atoms with Gasteiger partial charge in [-0.3, -0.25) is 4.79 Å². The number of rotatable bonds is 5. The molecule has 3 N–H and O–H groups in total. The molecule has 1 aromatic rings. The van der Waals surface area contributed by atoms with E-state index in [1.807, 2.05) is 32.0 Å². The molecule has 0 spiro atoms. The number of likely N-dealkylation sites (tertiary alicyclic amines) is 1. The molecule has 1 heterocycles. The van der Waals surface area contributed by atoms with Crippen LogP contribution < -0.4 is 15.8 Å². The van der Waals surface area contributed by atoms with Crippen LogP contribution in [0.2, 0.25) is 0 Å². The van der Waals surface area contributed by atoms with E-state index in [2.05, 4.69) is 5.32 Å². The maximum Gasteiger partial charge on any atom is 0.317 e. The first-order chi connectivity index (χ1) is 11.4. The summed E-state index contributed by atoms with van der Waals surface area (Å²) in [5.74, 6) is 0.799. The second kappa shape index (κ2) is 8.04. The lowest BCUT2D eigenvalue weighted by Gasteiger charge is -2.32. The summed E-state index contributed by atoms with van der Waals surface area (Å²) in [6.07, 6.45) is 2.05. The van der Waals surface area contributed by atoms with E-state index < -0.39 is 0 Å². The van der Waals surface area contributed by atoms with E-state index in [1.54, 1.807) is 12.0 Å². The number of carbonyl (C=O) groups is 2. The van der Waals surface area contributed by atoms with Gasteiger partial charge in [-0.25, -0.2) is 4.79 Å². The Labute approximate surface area is 143 Å². The highest BCUT2D eigenvalue weighted by Gasteiger charge is 2.25. The van der Waals surface area contributed by atoms with E-state index in [1.165, 1.54) is 0 Å². The predicted octanol–water partition coefficient (Wildman–Crippen LogP) is 2.36.